The number of thiazole rings is 1. The summed E-state index contributed by atoms with van der Waals surface area (Å²) >= 11 is 1.70. The first-order valence-electron chi connectivity index (χ1n) is 5.50. The maximum atomic E-state index is 5.59. The van der Waals surface area contributed by atoms with Crippen LogP contribution in [-0.2, 0) is 4.74 Å². The lowest BCUT2D eigenvalue weighted by Crippen LogP contribution is -2.25. The van der Waals surface area contributed by atoms with Gasteiger partial charge in [-0.3, -0.25) is 0 Å². The number of nitrogens with zero attached hydrogens (tertiary/aromatic N) is 1. The van der Waals surface area contributed by atoms with Crippen LogP contribution in [0.25, 0.3) is 0 Å². The van der Waals surface area contributed by atoms with E-state index < -0.39 is 0 Å². The highest BCUT2D eigenvalue weighted by molar-refractivity contribution is 7.09. The zero-order valence-electron chi connectivity index (χ0n) is 9.75. The van der Waals surface area contributed by atoms with Crippen molar-refractivity contribution >= 4 is 11.3 Å². The molecule has 0 saturated heterocycles. The van der Waals surface area contributed by atoms with Gasteiger partial charge in [-0.1, -0.05) is 13.8 Å². The summed E-state index contributed by atoms with van der Waals surface area (Å²) < 4.78 is 5.59. The van der Waals surface area contributed by atoms with E-state index in [1.165, 1.54) is 4.88 Å². The second-order valence-corrected chi connectivity index (χ2v) is 4.37. The van der Waals surface area contributed by atoms with Gasteiger partial charge < -0.3 is 10.1 Å². The Balaban J connectivity index is 2.53. The van der Waals surface area contributed by atoms with E-state index in [9.17, 15) is 0 Å². The Labute approximate surface area is 95.9 Å². The predicted octanol–water partition coefficient (Wildman–Crippen LogP) is 2.53. The molecule has 0 radical (unpaired) electrons. The van der Waals surface area contributed by atoms with Crippen molar-refractivity contribution in [1.82, 2.24) is 10.3 Å². The lowest BCUT2D eigenvalue weighted by molar-refractivity contribution is 0.113. The summed E-state index contributed by atoms with van der Waals surface area (Å²) in [5.74, 6) is 0. The number of rotatable bonds is 7. The van der Waals surface area contributed by atoms with Crippen molar-refractivity contribution in [2.75, 3.05) is 19.8 Å². The summed E-state index contributed by atoms with van der Waals surface area (Å²) in [4.78, 5) is 5.57. The van der Waals surface area contributed by atoms with Crippen LogP contribution in [0.4, 0.5) is 0 Å². The topological polar surface area (TPSA) is 34.1 Å². The molecular formula is C11H20N2OS. The number of ether oxygens (including phenoxy) is 1. The molecule has 0 bridgehead atoms. The van der Waals surface area contributed by atoms with Crippen molar-refractivity contribution < 1.29 is 4.74 Å². The van der Waals surface area contributed by atoms with E-state index in [0.717, 1.165) is 31.9 Å². The predicted molar refractivity (Wildman–Crippen MR) is 64.4 cm³/mol. The quantitative estimate of drug-likeness (QED) is 0.728. The number of aryl methyl sites for hydroxylation is 1. The van der Waals surface area contributed by atoms with Crippen LogP contribution in [0.3, 0.4) is 0 Å². The van der Waals surface area contributed by atoms with Gasteiger partial charge in [0.2, 0.25) is 0 Å². The maximum Gasteiger partial charge on any atom is 0.0798 e. The van der Waals surface area contributed by atoms with E-state index in [4.69, 9.17) is 4.74 Å². The summed E-state index contributed by atoms with van der Waals surface area (Å²) in [6.45, 7) is 8.82. The molecule has 86 valence electrons. The van der Waals surface area contributed by atoms with Gasteiger partial charge in [-0.15, -0.1) is 11.3 Å². The van der Waals surface area contributed by atoms with Crippen LogP contribution in [-0.4, -0.2) is 24.7 Å². The van der Waals surface area contributed by atoms with Gasteiger partial charge in [0.1, 0.15) is 0 Å². The molecule has 1 heterocycles. The lowest BCUT2D eigenvalue weighted by Gasteiger charge is -2.16. The van der Waals surface area contributed by atoms with Gasteiger partial charge in [0.15, 0.2) is 0 Å². The van der Waals surface area contributed by atoms with E-state index in [0.29, 0.717) is 6.04 Å². The molecule has 1 rings (SSSR count). The molecule has 0 spiro atoms. The summed E-state index contributed by atoms with van der Waals surface area (Å²) in [6, 6.07) is 0.300. The first-order chi connectivity index (χ1) is 7.29. The average Bonchev–Trinajstić information content (AvgIpc) is 2.64. The number of likely N-dealkylation sites (N-methyl/N-ethyl adjacent to an activating group) is 1. The molecule has 1 N–H and O–H groups in total. The van der Waals surface area contributed by atoms with Crippen molar-refractivity contribution in [1.29, 1.82) is 0 Å². The third-order valence-corrected chi connectivity index (χ3v) is 3.23. The standard InChI is InChI=1S/C11H20N2OS/c1-4-6-14-7-10(12-5-2)11-9(3)13-8-15-11/h8,10,12H,4-7H2,1-3H3. The van der Waals surface area contributed by atoms with Crippen LogP contribution in [0.1, 0.15) is 36.9 Å². The molecule has 1 atom stereocenters. The fourth-order valence-electron chi connectivity index (χ4n) is 1.46. The summed E-state index contributed by atoms with van der Waals surface area (Å²) in [5, 5.41) is 3.43. The third-order valence-electron chi connectivity index (χ3n) is 2.18. The van der Waals surface area contributed by atoms with Crippen molar-refractivity contribution in [3.05, 3.63) is 16.1 Å². The number of nitrogens with one attached hydrogen (secondary N) is 1. The SMILES string of the molecule is CCCOCC(NCC)c1scnc1C. The van der Waals surface area contributed by atoms with E-state index in [1.54, 1.807) is 11.3 Å². The molecule has 0 aliphatic rings. The van der Waals surface area contributed by atoms with Gasteiger partial charge in [0.25, 0.3) is 0 Å². The highest BCUT2D eigenvalue weighted by atomic mass is 32.1. The van der Waals surface area contributed by atoms with Crippen molar-refractivity contribution in [3.8, 4) is 0 Å². The molecule has 1 unspecified atom stereocenters. The highest BCUT2D eigenvalue weighted by Crippen LogP contribution is 2.21. The molecular weight excluding hydrogens is 208 g/mol. The highest BCUT2D eigenvalue weighted by Gasteiger charge is 2.14. The molecule has 0 fully saturated rings. The molecule has 1 aromatic rings. The minimum atomic E-state index is 0.300. The number of aromatic nitrogens is 1. The molecule has 4 heteroatoms. The van der Waals surface area contributed by atoms with E-state index in [-0.39, 0.29) is 0 Å². The van der Waals surface area contributed by atoms with Crippen LogP contribution in [0, 0.1) is 6.92 Å². The smallest absolute Gasteiger partial charge is 0.0798 e. The molecule has 3 nitrogen and oxygen atoms in total. The molecule has 0 amide bonds. The monoisotopic (exact) mass is 228 g/mol. The zero-order chi connectivity index (χ0) is 11.1. The molecule has 1 aromatic heterocycles. The fraction of sp³-hybridized carbons (Fsp3) is 0.727. The lowest BCUT2D eigenvalue weighted by atomic mass is 10.2. The van der Waals surface area contributed by atoms with Gasteiger partial charge in [-0.05, 0) is 19.9 Å². The van der Waals surface area contributed by atoms with Crippen LogP contribution in [0.2, 0.25) is 0 Å². The van der Waals surface area contributed by atoms with Crippen LogP contribution >= 0.6 is 11.3 Å². The Hall–Kier alpha value is -0.450. The largest absolute Gasteiger partial charge is 0.379 e. The Morgan fingerprint density at radius 2 is 2.33 bits per heavy atom. The first-order valence-corrected chi connectivity index (χ1v) is 6.38. The molecule has 0 aromatic carbocycles. The Kier molecular flexibility index (Phi) is 5.83. The molecule has 0 aliphatic carbocycles. The van der Waals surface area contributed by atoms with Gasteiger partial charge >= 0.3 is 0 Å². The van der Waals surface area contributed by atoms with Crippen molar-refractivity contribution in [2.24, 2.45) is 0 Å². The summed E-state index contributed by atoms with van der Waals surface area (Å²) in [7, 11) is 0. The average molecular weight is 228 g/mol. The first kappa shape index (κ1) is 12.6. The fourth-order valence-corrected chi connectivity index (χ4v) is 2.33. The van der Waals surface area contributed by atoms with Crippen LogP contribution in [0.15, 0.2) is 5.51 Å². The normalized spacial score (nSPS) is 13.0. The minimum absolute atomic E-state index is 0.300. The third kappa shape index (κ3) is 3.89. The van der Waals surface area contributed by atoms with E-state index >= 15 is 0 Å². The van der Waals surface area contributed by atoms with Crippen LogP contribution < -0.4 is 5.32 Å². The molecule has 0 aliphatic heterocycles. The van der Waals surface area contributed by atoms with Crippen LogP contribution in [0.5, 0.6) is 0 Å². The van der Waals surface area contributed by atoms with Gasteiger partial charge in [-0.2, -0.15) is 0 Å². The van der Waals surface area contributed by atoms with Gasteiger partial charge in [-0.25, -0.2) is 4.98 Å². The second-order valence-electron chi connectivity index (χ2n) is 3.49. The molecule has 15 heavy (non-hydrogen) atoms. The Morgan fingerprint density at radius 3 is 2.87 bits per heavy atom. The molecule has 0 saturated carbocycles. The van der Waals surface area contributed by atoms with Gasteiger partial charge in [0.05, 0.1) is 23.9 Å². The van der Waals surface area contributed by atoms with Gasteiger partial charge in [0, 0.05) is 11.5 Å². The number of hydrogen-bond acceptors (Lipinski definition) is 4. The second kappa shape index (κ2) is 6.93. The van der Waals surface area contributed by atoms with Crippen molar-refractivity contribution in [3.63, 3.8) is 0 Å². The Morgan fingerprint density at radius 1 is 1.53 bits per heavy atom. The minimum Gasteiger partial charge on any atom is -0.379 e. The summed E-state index contributed by atoms with van der Waals surface area (Å²) in [6.07, 6.45) is 1.07. The summed E-state index contributed by atoms with van der Waals surface area (Å²) in [5.41, 5.74) is 3.01. The maximum absolute atomic E-state index is 5.59. The zero-order valence-corrected chi connectivity index (χ0v) is 10.6. The Bertz CT molecular complexity index is 275. The van der Waals surface area contributed by atoms with E-state index in [2.05, 4.69) is 31.1 Å². The van der Waals surface area contributed by atoms with E-state index in [1.807, 2.05) is 5.51 Å². The van der Waals surface area contributed by atoms with Crippen molar-refractivity contribution in [2.45, 2.75) is 33.2 Å². The number of hydrogen-bond donors (Lipinski definition) is 1.